The number of allylic oxidation sites excluding steroid dienone is 2. The van der Waals surface area contributed by atoms with Gasteiger partial charge in [0.15, 0.2) is 0 Å². The molecule has 0 saturated heterocycles. The minimum atomic E-state index is 0.889. The topological polar surface area (TPSA) is 25.8 Å². The van der Waals surface area contributed by atoms with Crippen LogP contribution in [0.1, 0.15) is 63.9 Å². The molecular formula is C31H34N2. The molecule has 0 aliphatic heterocycles. The van der Waals surface area contributed by atoms with Crippen LogP contribution in [0.5, 0.6) is 0 Å². The summed E-state index contributed by atoms with van der Waals surface area (Å²) in [4.78, 5) is 9.55. The monoisotopic (exact) mass is 434 g/mol. The van der Waals surface area contributed by atoms with Gasteiger partial charge in [0, 0.05) is 22.5 Å². The molecule has 5 rings (SSSR count). The third-order valence-electron chi connectivity index (χ3n) is 7.36. The highest BCUT2D eigenvalue weighted by Gasteiger charge is 2.19. The van der Waals surface area contributed by atoms with Gasteiger partial charge in [0.25, 0.3) is 0 Å². The molecule has 0 radical (unpaired) electrons. The number of fused-ring (bicyclic) bond motifs is 3. The molecule has 1 aliphatic rings. The van der Waals surface area contributed by atoms with Gasteiger partial charge in [-0.05, 0) is 69.1 Å². The number of benzene rings is 2. The Morgan fingerprint density at radius 3 is 2.48 bits per heavy atom. The Bertz CT molecular complexity index is 1250. The van der Waals surface area contributed by atoms with Gasteiger partial charge >= 0.3 is 0 Å². The van der Waals surface area contributed by atoms with Gasteiger partial charge in [0.1, 0.15) is 0 Å². The van der Waals surface area contributed by atoms with E-state index in [1.54, 1.807) is 5.57 Å². The maximum atomic E-state index is 4.98. The highest BCUT2D eigenvalue weighted by Crippen LogP contribution is 2.34. The van der Waals surface area contributed by atoms with Gasteiger partial charge in [-0.1, -0.05) is 79.4 Å². The van der Waals surface area contributed by atoms with E-state index in [9.17, 15) is 0 Å². The van der Waals surface area contributed by atoms with Crippen molar-refractivity contribution >= 4 is 21.8 Å². The van der Waals surface area contributed by atoms with Gasteiger partial charge in [-0.25, -0.2) is 4.98 Å². The maximum Gasteiger partial charge on any atom is 0.0972 e. The van der Waals surface area contributed by atoms with E-state index in [0.717, 1.165) is 33.4 Å². The van der Waals surface area contributed by atoms with E-state index in [0.29, 0.717) is 0 Å². The lowest BCUT2D eigenvalue weighted by molar-refractivity contribution is 0.513. The van der Waals surface area contributed by atoms with Crippen LogP contribution in [0.25, 0.3) is 33.1 Å². The molecule has 1 aliphatic carbocycles. The zero-order valence-corrected chi connectivity index (χ0v) is 19.8. The molecule has 1 unspecified atom stereocenters. The molecule has 1 fully saturated rings. The van der Waals surface area contributed by atoms with Gasteiger partial charge in [0.05, 0.1) is 16.7 Å². The highest BCUT2D eigenvalue weighted by molar-refractivity contribution is 6.03. The van der Waals surface area contributed by atoms with E-state index in [1.165, 1.54) is 68.9 Å². The Labute approximate surface area is 197 Å². The fourth-order valence-corrected chi connectivity index (χ4v) is 5.45. The number of hydrogen-bond donors (Lipinski definition) is 0. The fraction of sp³-hybridized carbons (Fsp3) is 0.355. The standard InChI is InChI=1S/C31H34N2/c1-2-24-11-7-12-25(24)10-6-4-3-5-9-23-14-16-26(17-15-23)29-21-20-28-19-18-27-13-8-22-32-30(27)31(28)33-29/h2,8,13-22,25H,3-7,9-12H2,1H3/b24-2+. The Kier molecular flexibility index (Phi) is 6.81. The summed E-state index contributed by atoms with van der Waals surface area (Å²) in [5.41, 5.74) is 7.29. The lowest BCUT2D eigenvalue weighted by Crippen LogP contribution is -1.96. The van der Waals surface area contributed by atoms with E-state index in [4.69, 9.17) is 4.98 Å². The second kappa shape index (κ2) is 10.3. The van der Waals surface area contributed by atoms with Crippen molar-refractivity contribution in [2.75, 3.05) is 0 Å². The number of nitrogens with zero attached hydrogens (tertiary/aromatic N) is 2. The summed E-state index contributed by atoms with van der Waals surface area (Å²) >= 11 is 0. The molecule has 2 aromatic heterocycles. The van der Waals surface area contributed by atoms with Crippen molar-refractivity contribution in [1.29, 1.82) is 0 Å². The number of aryl methyl sites for hydroxylation is 1. The number of hydrogen-bond acceptors (Lipinski definition) is 2. The molecule has 2 heterocycles. The van der Waals surface area contributed by atoms with Crippen molar-refractivity contribution in [3.8, 4) is 11.3 Å². The van der Waals surface area contributed by atoms with Crippen molar-refractivity contribution in [3.63, 3.8) is 0 Å². The van der Waals surface area contributed by atoms with Crippen LogP contribution in [-0.4, -0.2) is 9.97 Å². The molecule has 0 amide bonds. The van der Waals surface area contributed by atoms with Crippen LogP contribution in [-0.2, 0) is 6.42 Å². The third kappa shape index (κ3) is 5.00. The van der Waals surface area contributed by atoms with Crippen LogP contribution in [0.15, 0.2) is 78.5 Å². The minimum Gasteiger partial charge on any atom is -0.254 e. The molecule has 2 nitrogen and oxygen atoms in total. The second-order valence-corrected chi connectivity index (χ2v) is 9.51. The van der Waals surface area contributed by atoms with Crippen LogP contribution in [0.4, 0.5) is 0 Å². The Balaban J connectivity index is 1.16. The van der Waals surface area contributed by atoms with Crippen molar-refractivity contribution in [3.05, 3.63) is 84.1 Å². The molecule has 2 heteroatoms. The first-order chi connectivity index (χ1) is 16.3. The Morgan fingerprint density at radius 1 is 0.848 bits per heavy atom. The zero-order chi connectivity index (χ0) is 22.5. The number of unbranched alkanes of at least 4 members (excludes halogenated alkanes) is 3. The highest BCUT2D eigenvalue weighted by atomic mass is 14.7. The number of pyridine rings is 2. The van der Waals surface area contributed by atoms with E-state index in [1.807, 2.05) is 12.3 Å². The predicted octanol–water partition coefficient (Wildman–Crippen LogP) is 8.69. The number of rotatable bonds is 8. The second-order valence-electron chi connectivity index (χ2n) is 9.51. The molecule has 0 spiro atoms. The smallest absolute Gasteiger partial charge is 0.0972 e. The Hall–Kier alpha value is -3.00. The molecule has 168 valence electrons. The fourth-order valence-electron chi connectivity index (χ4n) is 5.45. The van der Waals surface area contributed by atoms with Crippen LogP contribution in [0.3, 0.4) is 0 Å². The van der Waals surface area contributed by atoms with Gasteiger partial charge in [-0.3, -0.25) is 4.98 Å². The molecule has 4 aromatic rings. The largest absolute Gasteiger partial charge is 0.254 e. The average Bonchev–Trinajstić information content (AvgIpc) is 3.33. The van der Waals surface area contributed by atoms with E-state index in [2.05, 4.69) is 72.6 Å². The SMILES string of the molecule is C/C=C1\CCCC1CCCCCCc1ccc(-c2ccc3ccc4cccnc4c3n2)cc1. The summed E-state index contributed by atoms with van der Waals surface area (Å²) in [6.45, 7) is 2.22. The molecule has 2 aromatic carbocycles. The normalized spacial score (nSPS) is 17.4. The predicted molar refractivity (Wildman–Crippen MR) is 140 cm³/mol. The summed E-state index contributed by atoms with van der Waals surface area (Å²) in [6, 6.07) is 21.6. The lowest BCUT2D eigenvalue weighted by Gasteiger charge is -2.11. The Morgan fingerprint density at radius 2 is 1.64 bits per heavy atom. The van der Waals surface area contributed by atoms with E-state index < -0.39 is 0 Å². The quantitative estimate of drug-likeness (QED) is 0.157. The molecule has 33 heavy (non-hydrogen) atoms. The van der Waals surface area contributed by atoms with Crippen molar-refractivity contribution in [1.82, 2.24) is 9.97 Å². The van der Waals surface area contributed by atoms with E-state index >= 15 is 0 Å². The molecule has 1 atom stereocenters. The van der Waals surface area contributed by atoms with E-state index in [-0.39, 0.29) is 0 Å². The first kappa shape index (κ1) is 21.8. The van der Waals surface area contributed by atoms with Crippen molar-refractivity contribution in [2.45, 2.75) is 64.7 Å². The number of aromatic nitrogens is 2. The van der Waals surface area contributed by atoms with Crippen molar-refractivity contribution in [2.24, 2.45) is 5.92 Å². The molecular weight excluding hydrogens is 400 g/mol. The molecule has 0 N–H and O–H groups in total. The molecule has 1 saturated carbocycles. The first-order valence-electron chi connectivity index (χ1n) is 12.7. The van der Waals surface area contributed by atoms with Crippen LogP contribution >= 0.6 is 0 Å². The summed E-state index contributed by atoms with van der Waals surface area (Å²) in [5.74, 6) is 0.889. The zero-order valence-electron chi connectivity index (χ0n) is 19.8. The minimum absolute atomic E-state index is 0.889. The van der Waals surface area contributed by atoms with Gasteiger partial charge in [-0.15, -0.1) is 0 Å². The summed E-state index contributed by atoms with van der Waals surface area (Å²) in [6.07, 6.45) is 16.3. The summed E-state index contributed by atoms with van der Waals surface area (Å²) < 4.78 is 0. The van der Waals surface area contributed by atoms with Crippen LogP contribution < -0.4 is 0 Å². The van der Waals surface area contributed by atoms with Gasteiger partial charge in [0.2, 0.25) is 0 Å². The summed E-state index contributed by atoms with van der Waals surface area (Å²) in [5, 5.41) is 2.27. The average molecular weight is 435 g/mol. The molecule has 0 bridgehead atoms. The van der Waals surface area contributed by atoms with Crippen molar-refractivity contribution < 1.29 is 0 Å². The van der Waals surface area contributed by atoms with Crippen LogP contribution in [0.2, 0.25) is 0 Å². The van der Waals surface area contributed by atoms with Gasteiger partial charge in [-0.2, -0.15) is 0 Å². The third-order valence-corrected chi connectivity index (χ3v) is 7.36. The summed E-state index contributed by atoms with van der Waals surface area (Å²) in [7, 11) is 0. The maximum absolute atomic E-state index is 4.98. The van der Waals surface area contributed by atoms with Crippen LogP contribution in [0, 0.1) is 5.92 Å². The first-order valence-corrected chi connectivity index (χ1v) is 12.7. The van der Waals surface area contributed by atoms with Gasteiger partial charge < -0.3 is 0 Å². The lowest BCUT2D eigenvalue weighted by atomic mass is 9.95.